The van der Waals surface area contributed by atoms with E-state index >= 15 is 0 Å². The Morgan fingerprint density at radius 1 is 1.53 bits per heavy atom. The third kappa shape index (κ3) is 1.59. The lowest BCUT2D eigenvalue weighted by molar-refractivity contribution is 0.0969. The van der Waals surface area contributed by atoms with Gasteiger partial charge in [0, 0.05) is 22.7 Å². The third-order valence-corrected chi connectivity index (χ3v) is 2.34. The largest absolute Gasteiger partial charge is 0.508 e. The zero-order valence-corrected chi connectivity index (χ0v) is 8.32. The molecule has 1 aromatic heterocycles. The van der Waals surface area contributed by atoms with Crippen molar-refractivity contribution in [3.63, 3.8) is 0 Å². The van der Waals surface area contributed by atoms with Crippen molar-refractivity contribution in [2.24, 2.45) is 5.73 Å². The summed E-state index contributed by atoms with van der Waals surface area (Å²) in [7, 11) is 0. The molecule has 0 saturated carbocycles. The highest BCUT2D eigenvalue weighted by Gasteiger charge is 2.15. The van der Waals surface area contributed by atoms with E-state index in [0.29, 0.717) is 10.9 Å². The van der Waals surface area contributed by atoms with Crippen LogP contribution in [-0.2, 0) is 0 Å². The normalized spacial score (nSPS) is 12.9. The molecule has 4 nitrogen and oxygen atoms in total. The number of aromatic hydroxyl groups is 1. The fraction of sp³-hybridized carbons (Fsp3) is 0.182. The van der Waals surface area contributed by atoms with Gasteiger partial charge in [-0.15, -0.1) is 0 Å². The number of carbonyl (C=O) groups is 1. The standard InChI is InChI=1S/C11H12N2O2/c1-6(12)11(15)9-5-13-10-3-2-7(14)4-8(9)10/h2-6,13-14H,12H2,1H3. The molecule has 0 bridgehead atoms. The van der Waals surface area contributed by atoms with Crippen LogP contribution in [-0.4, -0.2) is 21.9 Å². The van der Waals surface area contributed by atoms with Gasteiger partial charge in [0.1, 0.15) is 5.75 Å². The Labute approximate surface area is 86.7 Å². The molecule has 0 saturated heterocycles. The molecule has 0 amide bonds. The zero-order valence-electron chi connectivity index (χ0n) is 8.32. The molecule has 1 atom stereocenters. The Morgan fingerprint density at radius 3 is 2.93 bits per heavy atom. The van der Waals surface area contributed by atoms with E-state index in [1.54, 1.807) is 31.3 Å². The molecule has 0 aliphatic heterocycles. The summed E-state index contributed by atoms with van der Waals surface area (Å²) in [4.78, 5) is 14.7. The van der Waals surface area contributed by atoms with E-state index in [2.05, 4.69) is 4.98 Å². The van der Waals surface area contributed by atoms with Gasteiger partial charge in [0.15, 0.2) is 5.78 Å². The number of phenolic OH excluding ortho intramolecular Hbond substituents is 1. The number of Topliss-reactive ketones (excluding diaryl/α,β-unsaturated/α-hetero) is 1. The maximum absolute atomic E-state index is 11.7. The van der Waals surface area contributed by atoms with Crippen molar-refractivity contribution in [2.45, 2.75) is 13.0 Å². The van der Waals surface area contributed by atoms with Crippen molar-refractivity contribution in [1.82, 2.24) is 4.98 Å². The lowest BCUT2D eigenvalue weighted by atomic mass is 10.1. The molecular formula is C11H12N2O2. The topological polar surface area (TPSA) is 79.1 Å². The van der Waals surface area contributed by atoms with E-state index < -0.39 is 6.04 Å². The molecule has 4 heteroatoms. The van der Waals surface area contributed by atoms with Crippen molar-refractivity contribution in [3.8, 4) is 5.75 Å². The number of carbonyl (C=O) groups excluding carboxylic acids is 1. The molecule has 4 N–H and O–H groups in total. The zero-order chi connectivity index (χ0) is 11.0. The summed E-state index contributed by atoms with van der Waals surface area (Å²) in [6, 6.07) is 4.31. The molecule has 0 aliphatic carbocycles. The van der Waals surface area contributed by atoms with Gasteiger partial charge in [-0.25, -0.2) is 0 Å². The Morgan fingerprint density at radius 2 is 2.27 bits per heavy atom. The highest BCUT2D eigenvalue weighted by Crippen LogP contribution is 2.23. The summed E-state index contributed by atoms with van der Waals surface area (Å²) in [5.41, 5.74) is 6.87. The number of aromatic nitrogens is 1. The number of aromatic amines is 1. The van der Waals surface area contributed by atoms with Crippen molar-refractivity contribution in [3.05, 3.63) is 30.0 Å². The highest BCUT2D eigenvalue weighted by molar-refractivity contribution is 6.10. The number of hydrogen-bond donors (Lipinski definition) is 3. The van der Waals surface area contributed by atoms with Gasteiger partial charge in [-0.2, -0.15) is 0 Å². The van der Waals surface area contributed by atoms with E-state index in [4.69, 9.17) is 5.73 Å². The predicted molar refractivity (Wildman–Crippen MR) is 57.9 cm³/mol. The fourth-order valence-corrected chi connectivity index (χ4v) is 1.56. The van der Waals surface area contributed by atoms with Crippen molar-refractivity contribution in [2.75, 3.05) is 0 Å². The second-order valence-electron chi connectivity index (χ2n) is 3.59. The third-order valence-electron chi connectivity index (χ3n) is 2.34. The number of phenols is 1. The molecular weight excluding hydrogens is 192 g/mol. The van der Waals surface area contributed by atoms with Gasteiger partial charge in [0.25, 0.3) is 0 Å². The van der Waals surface area contributed by atoms with Crippen LogP contribution in [0.2, 0.25) is 0 Å². The molecule has 0 aliphatic rings. The second kappa shape index (κ2) is 3.40. The van der Waals surface area contributed by atoms with Crippen molar-refractivity contribution < 1.29 is 9.90 Å². The SMILES string of the molecule is CC(N)C(=O)c1c[nH]c2ccc(O)cc12. The van der Waals surface area contributed by atoms with Crippen LogP contribution in [0, 0.1) is 0 Å². The summed E-state index contributed by atoms with van der Waals surface area (Å²) < 4.78 is 0. The van der Waals surface area contributed by atoms with Crippen LogP contribution in [0.25, 0.3) is 10.9 Å². The van der Waals surface area contributed by atoms with Crippen LogP contribution in [0.5, 0.6) is 5.75 Å². The van der Waals surface area contributed by atoms with E-state index in [1.165, 1.54) is 0 Å². The predicted octanol–water partition coefficient (Wildman–Crippen LogP) is 1.40. The lowest BCUT2D eigenvalue weighted by Gasteiger charge is -2.02. The number of ketones is 1. The maximum atomic E-state index is 11.7. The molecule has 2 aromatic rings. The Kier molecular flexibility index (Phi) is 2.21. The van der Waals surface area contributed by atoms with E-state index in [-0.39, 0.29) is 11.5 Å². The summed E-state index contributed by atoms with van der Waals surface area (Å²) in [5, 5.41) is 10.0. The first-order valence-corrected chi connectivity index (χ1v) is 4.69. The number of fused-ring (bicyclic) bond motifs is 1. The number of benzene rings is 1. The molecule has 0 radical (unpaired) electrons. The summed E-state index contributed by atoms with van der Waals surface area (Å²) in [6.45, 7) is 1.64. The summed E-state index contributed by atoms with van der Waals surface area (Å²) in [6.07, 6.45) is 1.62. The van der Waals surface area contributed by atoms with Crippen LogP contribution in [0.15, 0.2) is 24.4 Å². The summed E-state index contributed by atoms with van der Waals surface area (Å²) in [5.74, 6) is 0.00711. The number of hydrogen-bond acceptors (Lipinski definition) is 3. The monoisotopic (exact) mass is 204 g/mol. The maximum Gasteiger partial charge on any atom is 0.181 e. The average molecular weight is 204 g/mol. The quantitative estimate of drug-likeness (QED) is 0.647. The van der Waals surface area contributed by atoms with Gasteiger partial charge in [0.05, 0.1) is 6.04 Å². The molecule has 1 heterocycles. The molecule has 2 rings (SSSR count). The summed E-state index contributed by atoms with van der Waals surface area (Å²) >= 11 is 0. The van der Waals surface area contributed by atoms with Crippen LogP contribution in [0.3, 0.4) is 0 Å². The fourth-order valence-electron chi connectivity index (χ4n) is 1.56. The first kappa shape index (κ1) is 9.73. The number of nitrogens with one attached hydrogen (secondary N) is 1. The highest BCUT2D eigenvalue weighted by atomic mass is 16.3. The van der Waals surface area contributed by atoms with E-state index in [1.807, 2.05) is 0 Å². The van der Waals surface area contributed by atoms with E-state index in [9.17, 15) is 9.90 Å². The molecule has 1 aromatic carbocycles. The van der Waals surface area contributed by atoms with Crippen molar-refractivity contribution >= 4 is 16.7 Å². The number of rotatable bonds is 2. The van der Waals surface area contributed by atoms with Crippen LogP contribution >= 0.6 is 0 Å². The minimum absolute atomic E-state index is 0.133. The van der Waals surface area contributed by atoms with Gasteiger partial charge >= 0.3 is 0 Å². The van der Waals surface area contributed by atoms with Gasteiger partial charge in [-0.3, -0.25) is 4.79 Å². The Balaban J connectivity index is 2.62. The second-order valence-corrected chi connectivity index (χ2v) is 3.59. The molecule has 1 unspecified atom stereocenters. The number of nitrogens with two attached hydrogens (primary N) is 1. The Bertz CT molecular complexity index is 514. The van der Waals surface area contributed by atoms with Gasteiger partial charge < -0.3 is 15.8 Å². The van der Waals surface area contributed by atoms with Gasteiger partial charge in [-0.05, 0) is 25.1 Å². The molecule has 0 fully saturated rings. The minimum Gasteiger partial charge on any atom is -0.508 e. The number of H-pyrrole nitrogens is 1. The minimum atomic E-state index is -0.536. The van der Waals surface area contributed by atoms with Crippen LogP contribution in [0.4, 0.5) is 0 Å². The smallest absolute Gasteiger partial charge is 0.181 e. The molecule has 15 heavy (non-hydrogen) atoms. The van der Waals surface area contributed by atoms with E-state index in [0.717, 1.165) is 5.52 Å². The average Bonchev–Trinajstić information content (AvgIpc) is 2.59. The first-order valence-electron chi connectivity index (χ1n) is 4.69. The first-order chi connectivity index (χ1) is 7.09. The Hall–Kier alpha value is -1.81. The van der Waals surface area contributed by atoms with Gasteiger partial charge in [0.2, 0.25) is 0 Å². The molecule has 0 spiro atoms. The van der Waals surface area contributed by atoms with Crippen LogP contribution < -0.4 is 5.73 Å². The van der Waals surface area contributed by atoms with Crippen LogP contribution in [0.1, 0.15) is 17.3 Å². The van der Waals surface area contributed by atoms with Crippen molar-refractivity contribution in [1.29, 1.82) is 0 Å². The van der Waals surface area contributed by atoms with Gasteiger partial charge in [-0.1, -0.05) is 0 Å². The lowest BCUT2D eigenvalue weighted by Crippen LogP contribution is -2.26. The molecule has 78 valence electrons.